The van der Waals surface area contributed by atoms with Gasteiger partial charge in [-0.3, -0.25) is 0 Å². The Hall–Kier alpha value is -1.50. The minimum Gasteiger partial charge on any atom is -0.368 e. The SMILES string of the molecule is CC.CC.CC1=CC(C)N(C)C(c2ccccc2)=C1. The van der Waals surface area contributed by atoms with Crippen LogP contribution < -0.4 is 0 Å². The number of nitrogens with zero attached hydrogens (tertiary/aromatic N) is 1. The van der Waals surface area contributed by atoms with Crippen molar-refractivity contribution in [3.8, 4) is 0 Å². The quantitative estimate of drug-likeness (QED) is 0.656. The molecule has 0 radical (unpaired) electrons. The van der Waals surface area contributed by atoms with Crippen LogP contribution in [0, 0.1) is 0 Å². The van der Waals surface area contributed by atoms with Crippen molar-refractivity contribution in [2.75, 3.05) is 7.05 Å². The fraction of sp³-hybridized carbons (Fsp3) is 0.444. The molecule has 0 amide bonds. The molecule has 19 heavy (non-hydrogen) atoms. The molecule has 0 aromatic heterocycles. The Morgan fingerprint density at radius 1 is 0.947 bits per heavy atom. The van der Waals surface area contributed by atoms with E-state index in [4.69, 9.17) is 0 Å². The van der Waals surface area contributed by atoms with E-state index in [0.29, 0.717) is 6.04 Å². The van der Waals surface area contributed by atoms with Gasteiger partial charge >= 0.3 is 0 Å². The van der Waals surface area contributed by atoms with Gasteiger partial charge in [-0.2, -0.15) is 0 Å². The van der Waals surface area contributed by atoms with Gasteiger partial charge in [0, 0.05) is 18.8 Å². The van der Waals surface area contributed by atoms with E-state index in [1.807, 2.05) is 27.7 Å². The van der Waals surface area contributed by atoms with E-state index >= 15 is 0 Å². The van der Waals surface area contributed by atoms with Crippen molar-refractivity contribution in [2.45, 2.75) is 47.6 Å². The second-order valence-electron chi connectivity index (χ2n) is 4.16. The van der Waals surface area contributed by atoms with Crippen LogP contribution in [0.1, 0.15) is 47.1 Å². The summed E-state index contributed by atoms with van der Waals surface area (Å²) in [5, 5.41) is 0. The van der Waals surface area contributed by atoms with Crippen LogP contribution in [0.4, 0.5) is 0 Å². The summed E-state index contributed by atoms with van der Waals surface area (Å²) >= 11 is 0. The topological polar surface area (TPSA) is 3.24 Å². The summed E-state index contributed by atoms with van der Waals surface area (Å²) in [7, 11) is 2.15. The van der Waals surface area contributed by atoms with Crippen LogP contribution in [-0.2, 0) is 0 Å². The van der Waals surface area contributed by atoms with Crippen molar-refractivity contribution in [2.24, 2.45) is 0 Å². The molecule has 1 nitrogen and oxygen atoms in total. The maximum atomic E-state index is 2.31. The average Bonchev–Trinajstić information content (AvgIpc) is 2.48. The van der Waals surface area contributed by atoms with Crippen LogP contribution >= 0.6 is 0 Å². The Morgan fingerprint density at radius 2 is 1.47 bits per heavy atom. The molecular weight excluding hydrogens is 230 g/mol. The van der Waals surface area contributed by atoms with Crippen LogP contribution in [0.2, 0.25) is 0 Å². The molecule has 1 unspecified atom stereocenters. The summed E-state index contributed by atoms with van der Waals surface area (Å²) in [4.78, 5) is 2.31. The van der Waals surface area contributed by atoms with E-state index < -0.39 is 0 Å². The van der Waals surface area contributed by atoms with Crippen molar-refractivity contribution in [1.82, 2.24) is 4.90 Å². The van der Waals surface area contributed by atoms with Gasteiger partial charge in [0.05, 0.1) is 0 Å². The predicted octanol–water partition coefficient (Wildman–Crippen LogP) is 5.36. The molecule has 0 N–H and O–H groups in total. The zero-order valence-corrected chi connectivity index (χ0v) is 13.6. The first-order chi connectivity index (χ1) is 9.18. The molecule has 106 valence electrons. The first-order valence-electron chi connectivity index (χ1n) is 7.37. The Labute approximate surface area is 119 Å². The molecule has 1 heteroatoms. The molecule has 1 atom stereocenters. The van der Waals surface area contributed by atoms with Crippen LogP contribution in [0.15, 0.2) is 48.1 Å². The number of hydrogen-bond donors (Lipinski definition) is 0. The lowest BCUT2D eigenvalue weighted by Crippen LogP contribution is -2.28. The molecule has 0 bridgehead atoms. The van der Waals surface area contributed by atoms with Crippen LogP contribution in [0.3, 0.4) is 0 Å². The van der Waals surface area contributed by atoms with Gasteiger partial charge in [-0.15, -0.1) is 0 Å². The third-order valence-electron chi connectivity index (χ3n) is 2.93. The van der Waals surface area contributed by atoms with E-state index in [9.17, 15) is 0 Å². The second kappa shape index (κ2) is 9.43. The first-order valence-corrected chi connectivity index (χ1v) is 7.37. The zero-order chi connectivity index (χ0) is 14.8. The van der Waals surface area contributed by atoms with E-state index in [1.54, 1.807) is 0 Å². The molecule has 1 aromatic carbocycles. The van der Waals surface area contributed by atoms with Crippen molar-refractivity contribution in [1.29, 1.82) is 0 Å². The zero-order valence-electron chi connectivity index (χ0n) is 13.6. The van der Waals surface area contributed by atoms with E-state index in [0.717, 1.165) is 0 Å². The summed E-state index contributed by atoms with van der Waals surface area (Å²) in [6.45, 7) is 12.4. The maximum Gasteiger partial charge on any atom is 0.0447 e. The summed E-state index contributed by atoms with van der Waals surface area (Å²) in [5.74, 6) is 0. The van der Waals surface area contributed by atoms with Crippen LogP contribution in [-0.4, -0.2) is 18.0 Å². The molecule has 1 aromatic rings. The average molecular weight is 259 g/mol. The first kappa shape index (κ1) is 17.5. The molecule has 1 aliphatic rings. The Kier molecular flexibility index (Phi) is 8.69. The largest absolute Gasteiger partial charge is 0.368 e. The lowest BCUT2D eigenvalue weighted by Gasteiger charge is -2.31. The van der Waals surface area contributed by atoms with Crippen molar-refractivity contribution in [3.05, 3.63) is 53.6 Å². The molecule has 0 fully saturated rings. The molecule has 1 aliphatic heterocycles. The maximum absolute atomic E-state index is 2.31. The predicted molar refractivity (Wildman–Crippen MR) is 88.1 cm³/mol. The molecule has 1 heterocycles. The minimum atomic E-state index is 0.477. The highest BCUT2D eigenvalue weighted by atomic mass is 15.1. The molecule has 0 spiro atoms. The van der Waals surface area contributed by atoms with Crippen molar-refractivity contribution >= 4 is 5.70 Å². The Morgan fingerprint density at radius 3 is 2.00 bits per heavy atom. The van der Waals surface area contributed by atoms with Gasteiger partial charge in [0.1, 0.15) is 0 Å². The molecule has 0 aliphatic carbocycles. The smallest absolute Gasteiger partial charge is 0.0447 e. The summed E-state index contributed by atoms with van der Waals surface area (Å²) in [6.07, 6.45) is 4.53. The van der Waals surface area contributed by atoms with Gasteiger partial charge in [-0.25, -0.2) is 0 Å². The summed E-state index contributed by atoms with van der Waals surface area (Å²) in [5.41, 5.74) is 3.95. The number of allylic oxidation sites excluding steroid dienone is 2. The fourth-order valence-electron chi connectivity index (χ4n) is 1.97. The molecule has 0 saturated heterocycles. The normalized spacial score (nSPS) is 17.2. The highest BCUT2D eigenvalue weighted by Gasteiger charge is 2.15. The highest BCUT2D eigenvalue weighted by Crippen LogP contribution is 2.26. The second-order valence-corrected chi connectivity index (χ2v) is 4.16. The van der Waals surface area contributed by atoms with Crippen LogP contribution in [0.25, 0.3) is 5.70 Å². The van der Waals surface area contributed by atoms with Gasteiger partial charge in [0.2, 0.25) is 0 Å². The van der Waals surface area contributed by atoms with Gasteiger partial charge in [-0.1, -0.05) is 69.7 Å². The number of hydrogen-bond acceptors (Lipinski definition) is 1. The van der Waals surface area contributed by atoms with Gasteiger partial charge in [-0.05, 0) is 25.5 Å². The Balaban J connectivity index is 0.000000741. The molecule has 2 rings (SSSR count). The highest BCUT2D eigenvalue weighted by molar-refractivity contribution is 5.68. The van der Waals surface area contributed by atoms with E-state index in [2.05, 4.69) is 68.3 Å². The standard InChI is InChI=1S/C14H17N.2C2H6/c1-11-9-12(2)15(3)14(10-11)13-7-5-4-6-8-13;2*1-2/h4-10,12H,1-3H3;2*1-2H3. The third-order valence-corrected chi connectivity index (χ3v) is 2.93. The Bertz CT molecular complexity index is 401. The monoisotopic (exact) mass is 259 g/mol. The fourth-order valence-corrected chi connectivity index (χ4v) is 1.97. The van der Waals surface area contributed by atoms with Crippen LogP contribution in [0.5, 0.6) is 0 Å². The summed E-state index contributed by atoms with van der Waals surface area (Å²) in [6, 6.07) is 11.0. The van der Waals surface area contributed by atoms with Crippen molar-refractivity contribution in [3.63, 3.8) is 0 Å². The lowest BCUT2D eigenvalue weighted by atomic mass is 10.0. The minimum absolute atomic E-state index is 0.477. The molecular formula is C18H29N. The van der Waals surface area contributed by atoms with E-state index in [-0.39, 0.29) is 0 Å². The lowest BCUT2D eigenvalue weighted by molar-refractivity contribution is 0.423. The number of benzene rings is 1. The van der Waals surface area contributed by atoms with Gasteiger partial charge in [0.25, 0.3) is 0 Å². The third kappa shape index (κ3) is 4.94. The summed E-state index contributed by atoms with van der Waals surface area (Å²) < 4.78 is 0. The van der Waals surface area contributed by atoms with Gasteiger partial charge in [0.15, 0.2) is 0 Å². The van der Waals surface area contributed by atoms with E-state index in [1.165, 1.54) is 16.8 Å². The number of likely N-dealkylation sites (N-methyl/N-ethyl adjacent to an activating group) is 1. The van der Waals surface area contributed by atoms with Gasteiger partial charge < -0.3 is 4.90 Å². The molecule has 0 saturated carbocycles. The van der Waals surface area contributed by atoms with Crippen molar-refractivity contribution < 1.29 is 0 Å². The number of rotatable bonds is 1.